The van der Waals surface area contributed by atoms with Crippen molar-refractivity contribution in [3.05, 3.63) is 52.9 Å². The van der Waals surface area contributed by atoms with Crippen LogP contribution < -0.4 is 5.32 Å². The van der Waals surface area contributed by atoms with Crippen molar-refractivity contribution < 1.29 is 4.79 Å². The van der Waals surface area contributed by atoms with E-state index in [1.54, 1.807) is 10.9 Å². The number of hydrogen-bond donors (Lipinski definition) is 1. The lowest BCUT2D eigenvalue weighted by molar-refractivity contribution is -0.117. The number of pyridine rings is 1. The third-order valence-corrected chi connectivity index (χ3v) is 6.40. The summed E-state index contributed by atoms with van der Waals surface area (Å²) in [5.74, 6) is 1.03. The summed E-state index contributed by atoms with van der Waals surface area (Å²) in [5.41, 5.74) is 2.04. The number of aryl methyl sites for hydroxylation is 1. The Bertz CT molecular complexity index is 1150. The summed E-state index contributed by atoms with van der Waals surface area (Å²) in [7, 11) is 1.89. The van der Waals surface area contributed by atoms with E-state index in [4.69, 9.17) is 16.9 Å². The molecule has 1 aromatic carbocycles. The molecule has 7 heteroatoms. The molecule has 1 aliphatic carbocycles. The molecule has 3 aromatic rings. The summed E-state index contributed by atoms with van der Waals surface area (Å²) in [4.78, 5) is 17.4. The van der Waals surface area contributed by atoms with Gasteiger partial charge in [-0.15, -0.1) is 0 Å². The number of hydrogen-bond acceptors (Lipinski definition) is 4. The molecule has 4 atom stereocenters. The molecule has 2 heterocycles. The van der Waals surface area contributed by atoms with Crippen molar-refractivity contribution in [2.75, 3.05) is 5.32 Å². The fraction of sp³-hybridized carbons (Fsp3) is 0.391. The molecule has 1 aliphatic rings. The second-order valence-electron chi connectivity index (χ2n) is 8.11. The fourth-order valence-electron chi connectivity index (χ4n) is 4.39. The Labute approximate surface area is 180 Å². The Hall–Kier alpha value is -2.91. The maximum absolute atomic E-state index is 12.9. The van der Waals surface area contributed by atoms with Gasteiger partial charge in [0.05, 0.1) is 12.3 Å². The van der Waals surface area contributed by atoms with Crippen LogP contribution in [-0.4, -0.2) is 20.7 Å². The van der Waals surface area contributed by atoms with Gasteiger partial charge in [-0.3, -0.25) is 9.48 Å². The molecule has 0 radical (unpaired) electrons. The third kappa shape index (κ3) is 3.78. The summed E-state index contributed by atoms with van der Waals surface area (Å²) in [6.45, 7) is 4.10. The first-order valence-corrected chi connectivity index (χ1v) is 10.6. The Morgan fingerprint density at radius 1 is 1.33 bits per heavy atom. The van der Waals surface area contributed by atoms with Crippen molar-refractivity contribution >= 4 is 34.1 Å². The van der Waals surface area contributed by atoms with E-state index in [2.05, 4.69) is 28.4 Å². The number of rotatable bonds is 6. The molecule has 0 spiro atoms. The molecular formula is C23H24ClN5O. The predicted octanol–water partition coefficient (Wildman–Crippen LogP) is 5.02. The van der Waals surface area contributed by atoms with Crippen molar-refractivity contribution in [2.24, 2.45) is 18.9 Å². The van der Waals surface area contributed by atoms with Crippen molar-refractivity contribution in [2.45, 2.75) is 38.5 Å². The highest BCUT2D eigenvalue weighted by molar-refractivity contribution is 6.32. The number of nitrogens with one attached hydrogen (secondary N) is 1. The molecular weight excluding hydrogens is 398 g/mol. The van der Waals surface area contributed by atoms with Gasteiger partial charge in [0, 0.05) is 48.1 Å². The molecule has 30 heavy (non-hydrogen) atoms. The van der Waals surface area contributed by atoms with Gasteiger partial charge in [0.2, 0.25) is 5.91 Å². The molecule has 0 bridgehead atoms. The first-order valence-electron chi connectivity index (χ1n) is 10.2. The van der Waals surface area contributed by atoms with Crippen molar-refractivity contribution in [3.8, 4) is 6.07 Å². The molecule has 0 saturated heterocycles. The van der Waals surface area contributed by atoms with Crippen LogP contribution in [0, 0.1) is 23.2 Å². The van der Waals surface area contributed by atoms with Crippen LogP contribution in [-0.2, 0) is 11.8 Å². The van der Waals surface area contributed by atoms with Crippen molar-refractivity contribution in [1.82, 2.24) is 14.8 Å². The molecule has 0 aliphatic heterocycles. The number of aromatic nitrogens is 3. The van der Waals surface area contributed by atoms with E-state index < -0.39 is 0 Å². The molecule has 1 saturated carbocycles. The van der Waals surface area contributed by atoms with Gasteiger partial charge >= 0.3 is 0 Å². The highest BCUT2D eigenvalue weighted by Crippen LogP contribution is 2.56. The van der Waals surface area contributed by atoms with Gasteiger partial charge in [-0.25, -0.2) is 4.98 Å². The lowest BCUT2D eigenvalue weighted by Gasteiger charge is -2.12. The SMILES string of the molecule is CCC1C(C(=O)Nc2cc3cc([C@@H](C)CC#N)c(Cl)cc3cn2)C1c1cnn(C)c1. The van der Waals surface area contributed by atoms with E-state index in [0.29, 0.717) is 23.2 Å². The molecule has 4 rings (SSSR count). The number of halogens is 1. The normalized spacial score (nSPS) is 21.2. The van der Waals surface area contributed by atoms with Crippen LogP contribution in [0.5, 0.6) is 0 Å². The summed E-state index contributed by atoms with van der Waals surface area (Å²) < 4.78 is 1.77. The lowest BCUT2D eigenvalue weighted by atomic mass is 9.96. The quantitative estimate of drug-likeness (QED) is 0.605. The summed E-state index contributed by atoms with van der Waals surface area (Å²) in [6, 6.07) is 7.92. The number of anilines is 1. The molecule has 1 N–H and O–H groups in total. The third-order valence-electron chi connectivity index (χ3n) is 6.07. The second-order valence-corrected chi connectivity index (χ2v) is 8.52. The standard InChI is InChI=1S/C23H24ClN5O/c1-4-17-21(16-11-27-29(3)12-16)22(17)23(30)28-20-9-14-7-18(13(2)5-6-25)19(24)8-15(14)10-26-20/h7-13,17,21-22H,4-5H2,1-3H3,(H,26,28,30)/t13-,17?,21?,22?/m0/s1. The van der Waals surface area contributed by atoms with E-state index in [1.165, 1.54) is 0 Å². The average Bonchev–Trinajstić information content (AvgIpc) is 3.31. The lowest BCUT2D eigenvalue weighted by Crippen LogP contribution is -2.16. The number of benzene rings is 1. The van der Waals surface area contributed by atoms with Crippen LogP contribution >= 0.6 is 11.6 Å². The first-order chi connectivity index (χ1) is 14.4. The van der Waals surface area contributed by atoms with Crippen LogP contribution in [0.4, 0.5) is 5.82 Å². The predicted molar refractivity (Wildman–Crippen MR) is 117 cm³/mol. The van der Waals surface area contributed by atoms with Crippen LogP contribution in [0.15, 0.2) is 36.8 Å². The van der Waals surface area contributed by atoms with Crippen LogP contribution in [0.1, 0.15) is 49.7 Å². The van der Waals surface area contributed by atoms with Gasteiger partial charge < -0.3 is 5.32 Å². The fourth-order valence-corrected chi connectivity index (χ4v) is 4.75. The van der Waals surface area contributed by atoms with Crippen LogP contribution in [0.25, 0.3) is 10.8 Å². The monoisotopic (exact) mass is 421 g/mol. The summed E-state index contributed by atoms with van der Waals surface area (Å²) >= 11 is 6.40. The van der Waals surface area contributed by atoms with Gasteiger partial charge in [0.1, 0.15) is 5.82 Å². The molecule has 2 aromatic heterocycles. The van der Waals surface area contributed by atoms with Crippen molar-refractivity contribution in [3.63, 3.8) is 0 Å². The van der Waals surface area contributed by atoms with Crippen LogP contribution in [0.2, 0.25) is 5.02 Å². The van der Waals surface area contributed by atoms with Crippen molar-refractivity contribution in [1.29, 1.82) is 5.26 Å². The molecule has 6 nitrogen and oxygen atoms in total. The highest BCUT2D eigenvalue weighted by atomic mass is 35.5. The second kappa shape index (κ2) is 8.08. The van der Waals surface area contributed by atoms with Gasteiger partial charge in [0.25, 0.3) is 0 Å². The maximum atomic E-state index is 12.9. The average molecular weight is 422 g/mol. The van der Waals surface area contributed by atoms with Gasteiger partial charge in [-0.1, -0.05) is 31.9 Å². The zero-order valence-electron chi connectivity index (χ0n) is 17.3. The minimum Gasteiger partial charge on any atom is -0.310 e. The molecule has 1 amide bonds. The Balaban J connectivity index is 1.55. The Kier molecular flexibility index (Phi) is 5.48. The minimum absolute atomic E-state index is 0.00501. The molecule has 3 unspecified atom stereocenters. The van der Waals surface area contributed by atoms with E-state index in [-0.39, 0.29) is 23.7 Å². The Morgan fingerprint density at radius 3 is 2.80 bits per heavy atom. The first kappa shape index (κ1) is 20.4. The smallest absolute Gasteiger partial charge is 0.229 e. The van der Waals surface area contributed by atoms with Gasteiger partial charge in [-0.05, 0) is 46.5 Å². The van der Waals surface area contributed by atoms with Crippen LogP contribution in [0.3, 0.4) is 0 Å². The largest absolute Gasteiger partial charge is 0.310 e. The Morgan fingerprint density at radius 2 is 2.13 bits per heavy atom. The van der Waals surface area contributed by atoms with E-state index in [1.807, 2.05) is 44.6 Å². The van der Waals surface area contributed by atoms with E-state index in [9.17, 15) is 4.79 Å². The van der Waals surface area contributed by atoms with Gasteiger partial charge in [0.15, 0.2) is 0 Å². The number of nitriles is 1. The van der Waals surface area contributed by atoms with E-state index in [0.717, 1.165) is 28.3 Å². The topological polar surface area (TPSA) is 83.6 Å². The minimum atomic E-state index is -0.0619. The molecule has 1 fully saturated rings. The van der Waals surface area contributed by atoms with E-state index >= 15 is 0 Å². The number of fused-ring (bicyclic) bond motifs is 1. The van der Waals surface area contributed by atoms with Gasteiger partial charge in [-0.2, -0.15) is 10.4 Å². The maximum Gasteiger partial charge on any atom is 0.229 e. The summed E-state index contributed by atoms with van der Waals surface area (Å²) in [5, 5.41) is 18.7. The molecule has 154 valence electrons. The number of carbonyl (C=O) groups is 1. The highest BCUT2D eigenvalue weighted by Gasteiger charge is 2.54. The number of nitrogens with zero attached hydrogens (tertiary/aromatic N) is 4. The zero-order valence-corrected chi connectivity index (χ0v) is 18.0. The number of carbonyl (C=O) groups excluding carboxylic acids is 1. The zero-order chi connectivity index (χ0) is 21.4. The number of amides is 1. The summed E-state index contributed by atoms with van der Waals surface area (Å²) in [6.07, 6.45) is 6.90.